The molecule has 0 amide bonds. The maximum atomic E-state index is 6.24. The van der Waals surface area contributed by atoms with Crippen molar-refractivity contribution in [3.63, 3.8) is 0 Å². The van der Waals surface area contributed by atoms with E-state index in [0.717, 1.165) is 13.1 Å². The normalized spacial score (nSPS) is 21.0. The minimum absolute atomic E-state index is 0.221. The topological polar surface area (TPSA) is 43.0 Å². The van der Waals surface area contributed by atoms with Crippen LogP contribution in [0.2, 0.25) is 0 Å². The van der Waals surface area contributed by atoms with Crippen molar-refractivity contribution in [3.05, 3.63) is 24.0 Å². The first-order chi connectivity index (χ1) is 6.77. The average Bonchev–Trinajstić information content (AvgIpc) is 2.65. The number of hydrogen-bond donors (Lipinski definition) is 2. The van der Waals surface area contributed by atoms with Gasteiger partial charge in [-0.25, -0.2) is 0 Å². The first-order valence-corrected chi connectivity index (χ1v) is 5.35. The molecule has 78 valence electrons. The van der Waals surface area contributed by atoms with E-state index < -0.39 is 0 Å². The number of nitrogens with one attached hydrogen (secondary N) is 1. The lowest BCUT2D eigenvalue weighted by atomic mass is 9.88. The quantitative estimate of drug-likeness (QED) is 0.736. The molecule has 1 atom stereocenters. The molecular weight excluding hydrogens is 174 g/mol. The standard InChI is InChI=1S/C11H19N3/c1-14-7-4-10(8-14)11(12)9-2-5-13-6-3-9/h4,7-9,11,13H,2-3,5-6,12H2,1H3. The second kappa shape index (κ2) is 4.15. The molecule has 1 unspecified atom stereocenters. The Balaban J connectivity index is 2.03. The number of hydrogen-bond acceptors (Lipinski definition) is 2. The highest BCUT2D eigenvalue weighted by atomic mass is 14.9. The number of nitrogens with zero attached hydrogens (tertiary/aromatic N) is 1. The molecule has 14 heavy (non-hydrogen) atoms. The lowest BCUT2D eigenvalue weighted by molar-refractivity contribution is 0.322. The molecule has 1 aliphatic heterocycles. The van der Waals surface area contributed by atoms with Crippen LogP contribution < -0.4 is 11.1 Å². The van der Waals surface area contributed by atoms with Crippen molar-refractivity contribution in [1.29, 1.82) is 0 Å². The Morgan fingerprint density at radius 2 is 2.21 bits per heavy atom. The summed E-state index contributed by atoms with van der Waals surface area (Å²) in [5.41, 5.74) is 7.52. The fourth-order valence-corrected chi connectivity index (χ4v) is 2.20. The highest BCUT2D eigenvalue weighted by Gasteiger charge is 2.21. The van der Waals surface area contributed by atoms with E-state index >= 15 is 0 Å². The lowest BCUT2D eigenvalue weighted by Gasteiger charge is -2.27. The van der Waals surface area contributed by atoms with E-state index in [9.17, 15) is 0 Å². The van der Waals surface area contributed by atoms with Gasteiger partial charge in [0.05, 0.1) is 0 Å². The number of nitrogens with two attached hydrogens (primary N) is 1. The molecule has 3 nitrogen and oxygen atoms in total. The van der Waals surface area contributed by atoms with Crippen LogP contribution in [0.15, 0.2) is 18.5 Å². The molecule has 1 aromatic heterocycles. The van der Waals surface area contributed by atoms with E-state index in [1.807, 2.05) is 7.05 Å². The van der Waals surface area contributed by atoms with Crippen LogP contribution in [0, 0.1) is 5.92 Å². The highest BCUT2D eigenvalue weighted by Crippen LogP contribution is 2.26. The first kappa shape index (κ1) is 9.74. The summed E-state index contributed by atoms with van der Waals surface area (Å²) >= 11 is 0. The molecule has 1 fully saturated rings. The van der Waals surface area contributed by atoms with Gasteiger partial charge in [-0.3, -0.25) is 0 Å². The average molecular weight is 193 g/mol. The first-order valence-electron chi connectivity index (χ1n) is 5.35. The molecule has 0 aliphatic carbocycles. The SMILES string of the molecule is Cn1ccc(C(N)C2CCNCC2)c1. The monoisotopic (exact) mass is 193 g/mol. The van der Waals surface area contributed by atoms with E-state index in [-0.39, 0.29) is 6.04 Å². The maximum Gasteiger partial charge on any atom is 0.0339 e. The molecule has 2 rings (SSSR count). The van der Waals surface area contributed by atoms with Crippen LogP contribution in [-0.2, 0) is 7.05 Å². The van der Waals surface area contributed by atoms with Crippen LogP contribution in [-0.4, -0.2) is 17.7 Å². The Morgan fingerprint density at radius 3 is 2.79 bits per heavy atom. The second-order valence-corrected chi connectivity index (χ2v) is 4.22. The van der Waals surface area contributed by atoms with Crippen molar-refractivity contribution in [2.45, 2.75) is 18.9 Å². The Kier molecular flexibility index (Phi) is 2.89. The highest BCUT2D eigenvalue weighted by molar-refractivity contribution is 5.15. The molecule has 2 heterocycles. The molecular formula is C11H19N3. The van der Waals surface area contributed by atoms with E-state index in [1.54, 1.807) is 0 Å². The van der Waals surface area contributed by atoms with Crippen molar-refractivity contribution in [1.82, 2.24) is 9.88 Å². The Morgan fingerprint density at radius 1 is 1.50 bits per heavy atom. The van der Waals surface area contributed by atoms with Crippen LogP contribution >= 0.6 is 0 Å². The molecule has 0 saturated carbocycles. The van der Waals surface area contributed by atoms with Gasteiger partial charge in [-0.2, -0.15) is 0 Å². The van der Waals surface area contributed by atoms with Crippen LogP contribution in [0.25, 0.3) is 0 Å². The molecule has 3 heteroatoms. The number of aromatic nitrogens is 1. The molecule has 1 aromatic rings. The molecule has 0 bridgehead atoms. The predicted octanol–water partition coefficient (Wildman–Crippen LogP) is 1.02. The maximum absolute atomic E-state index is 6.24. The largest absolute Gasteiger partial charge is 0.357 e. The molecule has 1 aliphatic rings. The zero-order valence-electron chi connectivity index (χ0n) is 8.74. The van der Waals surface area contributed by atoms with Crippen LogP contribution in [0.5, 0.6) is 0 Å². The van der Waals surface area contributed by atoms with Gasteiger partial charge in [0.1, 0.15) is 0 Å². The van der Waals surface area contributed by atoms with Crippen molar-refractivity contribution >= 4 is 0 Å². The van der Waals surface area contributed by atoms with E-state index in [0.29, 0.717) is 5.92 Å². The molecule has 1 saturated heterocycles. The predicted molar refractivity (Wildman–Crippen MR) is 57.9 cm³/mol. The Hall–Kier alpha value is -0.800. The summed E-state index contributed by atoms with van der Waals surface area (Å²) < 4.78 is 2.07. The van der Waals surface area contributed by atoms with Crippen LogP contribution in [0.4, 0.5) is 0 Å². The van der Waals surface area contributed by atoms with Gasteiger partial charge >= 0.3 is 0 Å². The zero-order valence-corrected chi connectivity index (χ0v) is 8.74. The molecule has 0 spiro atoms. The molecule has 3 N–H and O–H groups in total. The lowest BCUT2D eigenvalue weighted by Crippen LogP contribution is -2.33. The Labute approximate surface area is 85.3 Å². The van der Waals surface area contributed by atoms with Crippen molar-refractivity contribution in [2.24, 2.45) is 18.7 Å². The third-order valence-electron chi connectivity index (χ3n) is 3.13. The van der Waals surface area contributed by atoms with Gasteiger partial charge in [0, 0.05) is 25.5 Å². The number of rotatable bonds is 2. The third kappa shape index (κ3) is 1.99. The Bertz CT molecular complexity index is 286. The smallest absolute Gasteiger partial charge is 0.0339 e. The van der Waals surface area contributed by atoms with Crippen molar-refractivity contribution in [3.8, 4) is 0 Å². The van der Waals surface area contributed by atoms with Gasteiger partial charge in [0.25, 0.3) is 0 Å². The summed E-state index contributed by atoms with van der Waals surface area (Å²) in [6.07, 6.45) is 6.61. The summed E-state index contributed by atoms with van der Waals surface area (Å²) in [6, 6.07) is 2.35. The summed E-state index contributed by atoms with van der Waals surface area (Å²) in [6.45, 7) is 2.23. The van der Waals surface area contributed by atoms with E-state index in [2.05, 4.69) is 28.3 Å². The minimum Gasteiger partial charge on any atom is -0.357 e. The summed E-state index contributed by atoms with van der Waals surface area (Å²) in [5, 5.41) is 3.37. The third-order valence-corrected chi connectivity index (χ3v) is 3.13. The second-order valence-electron chi connectivity index (χ2n) is 4.22. The summed E-state index contributed by atoms with van der Waals surface area (Å²) in [5.74, 6) is 0.652. The minimum atomic E-state index is 0.221. The van der Waals surface area contributed by atoms with Gasteiger partial charge < -0.3 is 15.6 Å². The van der Waals surface area contributed by atoms with E-state index in [1.165, 1.54) is 18.4 Å². The van der Waals surface area contributed by atoms with Gasteiger partial charge in [0.2, 0.25) is 0 Å². The summed E-state index contributed by atoms with van der Waals surface area (Å²) in [4.78, 5) is 0. The zero-order chi connectivity index (χ0) is 9.97. The molecule has 0 aromatic carbocycles. The fraction of sp³-hybridized carbons (Fsp3) is 0.636. The van der Waals surface area contributed by atoms with Gasteiger partial charge in [-0.1, -0.05) is 0 Å². The number of piperidine rings is 1. The van der Waals surface area contributed by atoms with Crippen molar-refractivity contribution in [2.75, 3.05) is 13.1 Å². The van der Waals surface area contributed by atoms with Crippen LogP contribution in [0.1, 0.15) is 24.4 Å². The van der Waals surface area contributed by atoms with Gasteiger partial charge in [0.15, 0.2) is 0 Å². The van der Waals surface area contributed by atoms with E-state index in [4.69, 9.17) is 5.73 Å². The number of aryl methyl sites for hydroxylation is 1. The van der Waals surface area contributed by atoms with Gasteiger partial charge in [-0.15, -0.1) is 0 Å². The van der Waals surface area contributed by atoms with Crippen molar-refractivity contribution < 1.29 is 0 Å². The summed E-state index contributed by atoms with van der Waals surface area (Å²) in [7, 11) is 2.04. The fourth-order valence-electron chi connectivity index (χ4n) is 2.20. The molecule has 0 radical (unpaired) electrons. The van der Waals surface area contributed by atoms with Gasteiger partial charge in [-0.05, 0) is 43.5 Å². The van der Waals surface area contributed by atoms with Crippen LogP contribution in [0.3, 0.4) is 0 Å².